The van der Waals surface area contributed by atoms with Crippen LogP contribution in [0.1, 0.15) is 53.4 Å². The molecule has 0 saturated heterocycles. The van der Waals surface area contributed by atoms with E-state index in [1.54, 1.807) is 27.7 Å². The van der Waals surface area contributed by atoms with Crippen LogP contribution in [-0.4, -0.2) is 130 Å². The van der Waals surface area contributed by atoms with E-state index in [4.69, 9.17) is 16.6 Å². The highest BCUT2D eigenvalue weighted by molar-refractivity contribution is 7.80. The highest BCUT2D eigenvalue weighted by Gasteiger charge is 2.34. The largest absolute Gasteiger partial charge is 0.480 e. The second kappa shape index (κ2) is 24.1. The predicted octanol–water partition coefficient (Wildman–Crippen LogP) is -4.02. The second-order valence-electron chi connectivity index (χ2n) is 12.1. The maximum atomic E-state index is 13.4. The molecule has 0 aromatic carbocycles. The lowest BCUT2D eigenvalue weighted by Gasteiger charge is -2.28. The summed E-state index contributed by atoms with van der Waals surface area (Å²) in [6.07, 6.45) is 1.18. The molecule has 0 aromatic rings. The van der Waals surface area contributed by atoms with Gasteiger partial charge in [0.1, 0.15) is 42.3 Å². The molecule has 0 aliphatic heterocycles. The smallest absolute Gasteiger partial charge is 0.328 e. The number of hydrogen-bond acceptors (Lipinski definition) is 13. The Labute approximate surface area is 297 Å². The Morgan fingerprint density at radius 2 is 1.06 bits per heavy atom. The van der Waals surface area contributed by atoms with Crippen molar-refractivity contribution in [1.82, 2.24) is 31.9 Å². The molecule has 18 nitrogen and oxygen atoms in total. The molecule has 0 fully saturated rings. The van der Waals surface area contributed by atoms with E-state index in [-0.39, 0.29) is 30.3 Å². The van der Waals surface area contributed by atoms with Crippen LogP contribution in [0.15, 0.2) is 0 Å². The van der Waals surface area contributed by atoms with Crippen molar-refractivity contribution in [2.24, 2.45) is 23.3 Å². The fourth-order valence-corrected chi connectivity index (χ4v) is 4.78. The van der Waals surface area contributed by atoms with Gasteiger partial charge in [0.15, 0.2) is 0 Å². The maximum absolute atomic E-state index is 13.4. The number of carboxylic acid groups (broad SMARTS) is 1. The number of hydrogen-bond donors (Lipinski definition) is 13. The molecule has 0 saturated carbocycles. The summed E-state index contributed by atoms with van der Waals surface area (Å²) in [5.74, 6) is -7.16. The van der Waals surface area contributed by atoms with Crippen LogP contribution in [0.4, 0.5) is 0 Å². The first-order chi connectivity index (χ1) is 23.0. The number of aliphatic hydroxyl groups is 2. The number of thiol groups is 2. The molecule has 13 N–H and O–H groups in total. The highest BCUT2D eigenvalue weighted by atomic mass is 32.1. The van der Waals surface area contributed by atoms with E-state index in [0.717, 1.165) is 0 Å². The number of unbranched alkanes of at least 4 members (excludes halogenated alkanes) is 1. The summed E-state index contributed by atoms with van der Waals surface area (Å²) in [6, 6.07) is -8.91. The van der Waals surface area contributed by atoms with Gasteiger partial charge in [0.2, 0.25) is 35.4 Å². The summed E-state index contributed by atoms with van der Waals surface area (Å²) in [5, 5.41) is 42.3. The lowest BCUT2D eigenvalue weighted by atomic mass is 9.99. The van der Waals surface area contributed by atoms with Crippen molar-refractivity contribution in [2.75, 3.05) is 31.3 Å². The zero-order chi connectivity index (χ0) is 37.8. The summed E-state index contributed by atoms with van der Waals surface area (Å²) in [5.41, 5.74) is 11.1. The van der Waals surface area contributed by atoms with Crippen LogP contribution < -0.4 is 43.4 Å². The zero-order valence-electron chi connectivity index (χ0n) is 28.3. The van der Waals surface area contributed by atoms with Gasteiger partial charge in [-0.2, -0.15) is 25.3 Å². The second-order valence-corrected chi connectivity index (χ2v) is 12.9. The number of nitrogens with one attached hydrogen (secondary N) is 6. The average Bonchev–Trinajstić information content (AvgIpc) is 3.04. The van der Waals surface area contributed by atoms with Crippen LogP contribution in [0, 0.1) is 11.8 Å². The summed E-state index contributed by atoms with van der Waals surface area (Å²) >= 11 is 8.26. The summed E-state index contributed by atoms with van der Waals surface area (Å²) in [4.78, 5) is 89.3. The van der Waals surface area contributed by atoms with Crippen molar-refractivity contribution in [3.63, 3.8) is 0 Å². The topological polar surface area (TPSA) is 304 Å². The normalized spacial score (nSPS) is 15.5. The van der Waals surface area contributed by atoms with Gasteiger partial charge in [0, 0.05) is 11.5 Å². The van der Waals surface area contributed by atoms with Crippen LogP contribution >= 0.6 is 25.3 Å². The van der Waals surface area contributed by atoms with E-state index in [0.29, 0.717) is 19.4 Å². The molecule has 0 rings (SSSR count). The van der Waals surface area contributed by atoms with Crippen LogP contribution in [0.25, 0.3) is 0 Å². The first-order valence-electron chi connectivity index (χ1n) is 15.9. The van der Waals surface area contributed by atoms with Crippen LogP contribution in [0.3, 0.4) is 0 Å². The van der Waals surface area contributed by atoms with Gasteiger partial charge in [-0.3, -0.25) is 28.8 Å². The van der Waals surface area contributed by atoms with Crippen molar-refractivity contribution in [3.8, 4) is 0 Å². The third-order valence-electron chi connectivity index (χ3n) is 7.13. The first kappa shape index (κ1) is 45.8. The van der Waals surface area contributed by atoms with Gasteiger partial charge in [-0.15, -0.1) is 0 Å². The fraction of sp³-hybridized carbons (Fsp3) is 0.759. The molecule has 20 heteroatoms. The molecular weight excluding hydrogens is 684 g/mol. The Morgan fingerprint density at radius 1 is 0.612 bits per heavy atom. The number of aliphatic hydroxyl groups excluding tert-OH is 2. The van der Waals surface area contributed by atoms with E-state index < -0.39 is 103 Å². The van der Waals surface area contributed by atoms with E-state index in [1.807, 2.05) is 0 Å². The van der Waals surface area contributed by atoms with Crippen molar-refractivity contribution in [3.05, 3.63) is 0 Å². The van der Waals surface area contributed by atoms with Gasteiger partial charge in [-0.05, 0) is 44.1 Å². The molecule has 7 unspecified atom stereocenters. The van der Waals surface area contributed by atoms with Gasteiger partial charge >= 0.3 is 5.97 Å². The van der Waals surface area contributed by atoms with Crippen LogP contribution in [0.2, 0.25) is 0 Å². The van der Waals surface area contributed by atoms with Gasteiger partial charge in [0.05, 0.1) is 13.2 Å². The number of aliphatic carboxylic acids is 1. The quantitative estimate of drug-likeness (QED) is 0.0333. The van der Waals surface area contributed by atoms with E-state index in [2.05, 4.69) is 57.2 Å². The molecule has 0 aliphatic rings. The number of carboxylic acids is 1. The Balaban J connectivity index is 5.87. The summed E-state index contributed by atoms with van der Waals surface area (Å²) < 4.78 is 0. The zero-order valence-corrected chi connectivity index (χ0v) is 30.1. The third-order valence-corrected chi connectivity index (χ3v) is 7.86. The number of amides is 6. The molecule has 0 heterocycles. The number of rotatable bonds is 24. The molecule has 7 atom stereocenters. The Bertz CT molecular complexity index is 1120. The Morgan fingerprint density at radius 3 is 1.51 bits per heavy atom. The molecule has 282 valence electrons. The molecule has 49 heavy (non-hydrogen) atoms. The lowest BCUT2D eigenvalue weighted by molar-refractivity contribution is -0.143. The molecule has 0 aromatic heterocycles. The monoisotopic (exact) mass is 738 g/mol. The number of nitrogens with two attached hydrogens (primary N) is 2. The fourth-order valence-electron chi connectivity index (χ4n) is 4.27. The van der Waals surface area contributed by atoms with Gasteiger partial charge in [-0.1, -0.05) is 27.7 Å². The van der Waals surface area contributed by atoms with Crippen molar-refractivity contribution in [2.45, 2.75) is 95.7 Å². The number of carbonyl (C=O) groups excluding carboxylic acids is 6. The third kappa shape index (κ3) is 16.9. The highest BCUT2D eigenvalue weighted by Crippen LogP contribution is 2.10. The molecule has 0 radical (unpaired) electrons. The molecule has 6 amide bonds. The van der Waals surface area contributed by atoms with Gasteiger partial charge in [0.25, 0.3) is 0 Å². The Kier molecular flexibility index (Phi) is 22.5. The SMILES string of the molecule is CC(C)CC(NC(=O)C(NC(=O)C(CS)NC(=O)C(CCCCN)NC(=O)C(CS)NC(=O)C(N)CO)C(C)C)C(=O)NC(CO)C(=O)O. The molecule has 0 bridgehead atoms. The molecule has 0 spiro atoms. The maximum Gasteiger partial charge on any atom is 0.328 e. The minimum absolute atomic E-state index is 0.111. The minimum atomic E-state index is -1.59. The standard InChI is InChI=1S/C29H54N8O10S2/c1-14(2)9-18(25(42)34-19(11-39)29(46)47)33-28(45)22(15(3)4)37-27(44)21(13-49)36-24(41)17(7-5-6-8-30)32-26(43)20(12-48)35-23(40)16(31)10-38/h14-22,38-39,48-49H,5-13,30-31H2,1-4H3,(H,32,43)(H,33,45)(H,34,42)(H,35,40)(H,36,41)(H,37,44)(H,46,47). The van der Waals surface area contributed by atoms with Gasteiger partial charge in [-0.25, -0.2) is 4.79 Å². The van der Waals surface area contributed by atoms with Gasteiger partial charge < -0.3 is 58.7 Å². The molecular formula is C29H54N8O10S2. The van der Waals surface area contributed by atoms with E-state index in [9.17, 15) is 43.8 Å². The van der Waals surface area contributed by atoms with Crippen LogP contribution in [0.5, 0.6) is 0 Å². The lowest BCUT2D eigenvalue weighted by Crippen LogP contribution is -2.61. The predicted molar refractivity (Wildman–Crippen MR) is 186 cm³/mol. The Hall–Kier alpha value is -3.17. The molecule has 0 aliphatic carbocycles. The van der Waals surface area contributed by atoms with E-state index >= 15 is 0 Å². The first-order valence-corrected chi connectivity index (χ1v) is 17.2. The van der Waals surface area contributed by atoms with Crippen molar-refractivity contribution >= 4 is 66.7 Å². The summed E-state index contributed by atoms with van der Waals surface area (Å²) in [7, 11) is 0. The van der Waals surface area contributed by atoms with Crippen molar-refractivity contribution < 1.29 is 48.9 Å². The summed E-state index contributed by atoms with van der Waals surface area (Å²) in [6.45, 7) is 5.62. The van der Waals surface area contributed by atoms with Crippen molar-refractivity contribution in [1.29, 1.82) is 0 Å². The average molecular weight is 739 g/mol. The number of carbonyl (C=O) groups is 7. The minimum Gasteiger partial charge on any atom is -0.480 e. The van der Waals surface area contributed by atoms with Crippen LogP contribution in [-0.2, 0) is 33.6 Å². The van der Waals surface area contributed by atoms with E-state index in [1.165, 1.54) is 0 Å².